The molecule has 0 aromatic heterocycles. The Bertz CT molecular complexity index is 563. The van der Waals surface area contributed by atoms with Crippen LogP contribution in [0.3, 0.4) is 0 Å². The molecular weight excluding hydrogens is 405 g/mol. The molecule has 0 amide bonds. The summed E-state index contributed by atoms with van der Waals surface area (Å²) in [5.74, 6) is 0. The van der Waals surface area contributed by atoms with Crippen molar-refractivity contribution in [1.82, 2.24) is 0 Å². The maximum absolute atomic E-state index is 13.9. The summed E-state index contributed by atoms with van der Waals surface area (Å²) in [6.07, 6.45) is -12.5. The van der Waals surface area contributed by atoms with Crippen molar-refractivity contribution in [3.05, 3.63) is 0 Å². The van der Waals surface area contributed by atoms with Crippen LogP contribution in [-0.4, -0.2) is 45.2 Å². The molecule has 1 N–H and O–H groups in total. The average Bonchev–Trinajstić information content (AvgIpc) is 2.56. The Morgan fingerprint density at radius 1 is 0.556 bits per heavy atom. The summed E-state index contributed by atoms with van der Waals surface area (Å²) in [5.41, 5.74) is -6.87. The van der Waals surface area contributed by atoms with Gasteiger partial charge in [0.2, 0.25) is 0 Å². The van der Waals surface area contributed by atoms with E-state index in [0.717, 1.165) is 0 Å². The zero-order valence-electron chi connectivity index (χ0n) is 16.3. The molecular formula is C15H25F6O5P. The van der Waals surface area contributed by atoms with Crippen LogP contribution in [0, 0.1) is 0 Å². The van der Waals surface area contributed by atoms with Crippen molar-refractivity contribution in [2.45, 2.75) is 95.5 Å². The second-order valence-corrected chi connectivity index (χ2v) is 11.9. The molecule has 2 saturated heterocycles. The monoisotopic (exact) mass is 430 g/mol. The van der Waals surface area contributed by atoms with Crippen LogP contribution in [0.4, 0.5) is 26.3 Å². The molecule has 0 radical (unpaired) electrons. The van der Waals surface area contributed by atoms with E-state index in [1.165, 1.54) is 55.4 Å². The van der Waals surface area contributed by atoms with Crippen molar-refractivity contribution in [2.24, 2.45) is 0 Å². The zero-order chi connectivity index (χ0) is 21.8. The van der Waals surface area contributed by atoms with E-state index in [1.54, 1.807) is 0 Å². The molecule has 1 spiro atoms. The van der Waals surface area contributed by atoms with Gasteiger partial charge in [-0.05, 0) is 0 Å². The second-order valence-electron chi connectivity index (χ2n) is 8.89. The molecule has 162 valence electrons. The van der Waals surface area contributed by atoms with Crippen LogP contribution in [-0.2, 0) is 18.1 Å². The van der Waals surface area contributed by atoms with Crippen molar-refractivity contribution in [1.29, 1.82) is 0 Å². The molecule has 27 heavy (non-hydrogen) atoms. The van der Waals surface area contributed by atoms with Crippen LogP contribution in [0.2, 0.25) is 0 Å². The van der Waals surface area contributed by atoms with Crippen LogP contribution >= 0.6 is 7.51 Å². The number of hydrogen-bond donors (Lipinski definition) is 1. The first-order chi connectivity index (χ1) is 11.4. The fourth-order valence-electron chi connectivity index (χ4n) is 2.96. The Morgan fingerprint density at radius 3 is 0.889 bits per heavy atom. The average molecular weight is 430 g/mol. The summed E-state index contributed by atoms with van der Waals surface area (Å²) >= 11 is 0. The van der Waals surface area contributed by atoms with Gasteiger partial charge in [-0.15, -0.1) is 0 Å². The predicted octanol–water partition coefficient (Wildman–Crippen LogP) is 5.22. The van der Waals surface area contributed by atoms with Crippen molar-refractivity contribution < 1.29 is 49.5 Å². The van der Waals surface area contributed by atoms with Gasteiger partial charge in [-0.2, -0.15) is 0 Å². The van der Waals surface area contributed by atoms with Gasteiger partial charge >= 0.3 is 153 Å². The Morgan fingerprint density at radius 2 is 0.741 bits per heavy atom. The Hall–Kier alpha value is -0.190. The molecule has 2 aliphatic heterocycles. The molecule has 0 saturated carbocycles. The first kappa shape index (κ1) is 23.1. The van der Waals surface area contributed by atoms with E-state index in [1.807, 2.05) is 0 Å². The standard InChI is InChI=1S/C15H25F6O5P/c1-9(2)10(3,4)24-27(23-9,25-11(5,6)12(7,8)26-27)13(22,14(16,17)18)15(19,20)21/h22H,1-8H3. The SMILES string of the molecule is CC1(C)OP2(C(O)(C(F)(F)F)C(F)(F)F)(OC1(C)C)OC(C)(C)C(C)(C)O2. The summed E-state index contributed by atoms with van der Waals surface area (Å²) in [6.45, 7) is 9.94. The van der Waals surface area contributed by atoms with Crippen LogP contribution in [0.25, 0.3) is 0 Å². The van der Waals surface area contributed by atoms with Gasteiger partial charge in [-0.3, -0.25) is 0 Å². The number of rotatable bonds is 1. The predicted molar refractivity (Wildman–Crippen MR) is 84.6 cm³/mol. The summed E-state index contributed by atoms with van der Waals surface area (Å²) in [5, 5.41) is 4.84. The number of alkyl halides is 6. The molecule has 0 aromatic carbocycles. The van der Waals surface area contributed by atoms with Gasteiger partial charge < -0.3 is 0 Å². The molecule has 2 fully saturated rings. The van der Waals surface area contributed by atoms with Gasteiger partial charge in [-0.25, -0.2) is 0 Å². The second kappa shape index (κ2) is 5.10. The minimum absolute atomic E-state index is 1.24. The molecule has 12 heteroatoms. The third-order valence-corrected chi connectivity index (χ3v) is 10.4. The Balaban J connectivity index is 2.99. The number of hydrogen-bond acceptors (Lipinski definition) is 5. The van der Waals surface area contributed by atoms with Crippen LogP contribution in [0.1, 0.15) is 55.4 Å². The summed E-state index contributed by atoms with van der Waals surface area (Å²) in [4.78, 5) is 0. The van der Waals surface area contributed by atoms with E-state index in [0.29, 0.717) is 0 Å². The number of halogens is 6. The first-order valence-corrected chi connectivity index (χ1v) is 10.0. The molecule has 0 aliphatic carbocycles. The molecule has 0 bridgehead atoms. The third-order valence-electron chi connectivity index (χ3n) is 5.76. The molecule has 0 atom stereocenters. The van der Waals surface area contributed by atoms with E-state index < -0.39 is 47.6 Å². The normalized spacial score (nSPS) is 32.2. The molecule has 2 aliphatic rings. The van der Waals surface area contributed by atoms with Gasteiger partial charge in [0.25, 0.3) is 0 Å². The maximum atomic E-state index is 13.9. The van der Waals surface area contributed by atoms with E-state index in [9.17, 15) is 31.4 Å². The summed E-state index contributed by atoms with van der Waals surface area (Å²) < 4.78 is 105. The summed E-state index contributed by atoms with van der Waals surface area (Å²) in [6, 6.07) is 0. The Kier molecular flexibility index (Phi) is 4.36. The van der Waals surface area contributed by atoms with E-state index in [-0.39, 0.29) is 0 Å². The first-order valence-electron chi connectivity index (χ1n) is 8.13. The van der Waals surface area contributed by atoms with Gasteiger partial charge in [-0.1, -0.05) is 0 Å². The van der Waals surface area contributed by atoms with Crippen molar-refractivity contribution in [3.8, 4) is 0 Å². The van der Waals surface area contributed by atoms with Crippen LogP contribution in [0.5, 0.6) is 0 Å². The van der Waals surface area contributed by atoms with E-state index >= 15 is 0 Å². The van der Waals surface area contributed by atoms with E-state index in [4.69, 9.17) is 18.1 Å². The molecule has 5 nitrogen and oxygen atoms in total. The molecule has 2 heterocycles. The zero-order valence-corrected chi connectivity index (χ0v) is 17.2. The van der Waals surface area contributed by atoms with Gasteiger partial charge in [0.15, 0.2) is 0 Å². The fraction of sp³-hybridized carbons (Fsp3) is 1.00. The minimum atomic E-state index is -6.80. The van der Waals surface area contributed by atoms with Crippen LogP contribution in [0.15, 0.2) is 0 Å². The Labute approximate surface area is 153 Å². The third kappa shape index (κ3) is 2.55. The fourth-order valence-corrected chi connectivity index (χ4v) is 8.57. The van der Waals surface area contributed by atoms with Crippen molar-refractivity contribution >= 4 is 7.51 Å². The van der Waals surface area contributed by atoms with Crippen molar-refractivity contribution in [3.63, 3.8) is 0 Å². The van der Waals surface area contributed by atoms with Gasteiger partial charge in [0.1, 0.15) is 0 Å². The molecule has 2 rings (SSSR count). The quantitative estimate of drug-likeness (QED) is 0.457. The molecule has 0 unspecified atom stereocenters. The van der Waals surface area contributed by atoms with Crippen LogP contribution < -0.4 is 0 Å². The topological polar surface area (TPSA) is 57.2 Å². The van der Waals surface area contributed by atoms with Crippen molar-refractivity contribution in [2.75, 3.05) is 0 Å². The van der Waals surface area contributed by atoms with E-state index in [2.05, 4.69) is 0 Å². The van der Waals surface area contributed by atoms with Gasteiger partial charge in [0, 0.05) is 0 Å². The summed E-state index contributed by atoms with van der Waals surface area (Å²) in [7, 11) is -6.80. The number of aliphatic hydroxyl groups is 1. The van der Waals surface area contributed by atoms with Gasteiger partial charge in [0.05, 0.1) is 0 Å². The molecule has 0 aromatic rings.